The fraction of sp³-hybridized carbons (Fsp3) is 0.667. The Morgan fingerprint density at radius 2 is 1.85 bits per heavy atom. The van der Waals surface area contributed by atoms with Crippen molar-refractivity contribution >= 4 is 29.9 Å². The van der Waals surface area contributed by atoms with Gasteiger partial charge in [-0.05, 0) is 58.7 Å². The highest BCUT2D eigenvalue weighted by atomic mass is 35.5. The molecule has 1 atom stereocenters. The minimum Gasteiger partial charge on any atom is -0.489 e. The van der Waals surface area contributed by atoms with Crippen molar-refractivity contribution in [3.63, 3.8) is 0 Å². The van der Waals surface area contributed by atoms with Crippen molar-refractivity contribution in [2.75, 3.05) is 44.2 Å². The quantitative estimate of drug-likeness (QED) is 0.546. The number of nitrogens with one attached hydrogen (secondary N) is 1. The number of halogens is 2. The van der Waals surface area contributed by atoms with Crippen LogP contribution in [0.25, 0.3) is 0 Å². The van der Waals surface area contributed by atoms with Gasteiger partial charge in [-0.2, -0.15) is 0 Å². The Hall–Kier alpha value is -1.90. The van der Waals surface area contributed by atoms with Gasteiger partial charge >= 0.3 is 0 Å². The van der Waals surface area contributed by atoms with Crippen molar-refractivity contribution < 1.29 is 18.7 Å². The number of amides is 2. The number of benzene rings is 1. The maximum atomic E-state index is 13.9. The van der Waals surface area contributed by atoms with E-state index in [2.05, 4.69) is 15.1 Å². The van der Waals surface area contributed by atoms with E-state index in [0.29, 0.717) is 18.3 Å². The number of hydrogen-bond donors (Lipinski definition) is 1. The molecule has 0 bridgehead atoms. The highest BCUT2D eigenvalue weighted by Gasteiger charge is 2.49. The normalized spacial score (nSPS) is 23.9. The Labute approximate surface area is 202 Å². The van der Waals surface area contributed by atoms with Crippen molar-refractivity contribution in [3.05, 3.63) is 24.0 Å². The van der Waals surface area contributed by atoms with Crippen LogP contribution in [0.4, 0.5) is 10.1 Å². The molecule has 1 saturated carbocycles. The number of carbonyl (C=O) groups excluding carboxylic acids is 2. The molecule has 1 aromatic carbocycles. The van der Waals surface area contributed by atoms with Crippen molar-refractivity contribution in [2.24, 2.45) is 0 Å². The molecule has 1 aromatic rings. The number of rotatable bonds is 9. The number of hydrogen-bond acceptors (Lipinski definition) is 6. The van der Waals surface area contributed by atoms with Crippen LogP contribution in [0.15, 0.2) is 18.2 Å². The number of imide groups is 1. The summed E-state index contributed by atoms with van der Waals surface area (Å²) in [7, 11) is 0. The molecule has 2 amide bonds. The number of anilines is 1. The number of carbonyl (C=O) groups is 2. The van der Waals surface area contributed by atoms with Crippen LogP contribution < -0.4 is 15.0 Å². The summed E-state index contributed by atoms with van der Waals surface area (Å²) in [5, 5.41) is 3.35. The lowest BCUT2D eigenvalue weighted by molar-refractivity contribution is -0.140. The third-order valence-corrected chi connectivity index (χ3v) is 6.48. The van der Waals surface area contributed by atoms with Gasteiger partial charge < -0.3 is 15.0 Å². The van der Waals surface area contributed by atoms with Crippen LogP contribution in [-0.4, -0.2) is 78.6 Å². The number of nitrogens with zero attached hydrogens (tertiary/aromatic N) is 3. The first-order valence-electron chi connectivity index (χ1n) is 11.8. The van der Waals surface area contributed by atoms with E-state index in [0.717, 1.165) is 57.7 Å². The molecular weight excluding hydrogens is 447 g/mol. The van der Waals surface area contributed by atoms with E-state index >= 15 is 0 Å². The summed E-state index contributed by atoms with van der Waals surface area (Å²) >= 11 is 0. The lowest BCUT2D eigenvalue weighted by atomic mass is 10.0. The summed E-state index contributed by atoms with van der Waals surface area (Å²) in [6.07, 6.45) is 3.22. The topological polar surface area (TPSA) is 65.1 Å². The molecule has 2 aliphatic heterocycles. The van der Waals surface area contributed by atoms with Crippen molar-refractivity contribution in [3.8, 4) is 5.75 Å². The predicted molar refractivity (Wildman–Crippen MR) is 129 cm³/mol. The molecule has 1 N–H and O–H groups in total. The molecule has 3 aliphatic rings. The van der Waals surface area contributed by atoms with Gasteiger partial charge in [-0.25, -0.2) is 4.39 Å². The standard InChI is InChI=1S/C24H35FN4O3.ClH/c1-17(2)32-21-8-5-18(25)15-20(21)28-13-11-27(12-14-28)9-4-10-29-22(30)16-24(3,23(29)31)26-19-6-7-19;/h5,8,15,17,19,26H,4,6-7,9-14,16H2,1-3H3;1H. The van der Waals surface area contributed by atoms with Crippen LogP contribution in [-0.2, 0) is 9.59 Å². The monoisotopic (exact) mass is 482 g/mol. The van der Waals surface area contributed by atoms with Crippen LogP contribution >= 0.6 is 12.4 Å². The molecule has 0 spiro atoms. The van der Waals surface area contributed by atoms with Crippen LogP contribution in [0, 0.1) is 5.82 Å². The van der Waals surface area contributed by atoms with Gasteiger partial charge in [-0.1, -0.05) is 0 Å². The Morgan fingerprint density at radius 1 is 1.15 bits per heavy atom. The van der Waals surface area contributed by atoms with E-state index in [1.165, 1.54) is 11.0 Å². The largest absolute Gasteiger partial charge is 0.489 e. The Bertz CT molecular complexity index is 858. The second-order valence-corrected chi connectivity index (χ2v) is 9.74. The minimum atomic E-state index is -0.732. The summed E-state index contributed by atoms with van der Waals surface area (Å²) in [5.41, 5.74) is 0.0685. The predicted octanol–water partition coefficient (Wildman–Crippen LogP) is 2.82. The maximum Gasteiger partial charge on any atom is 0.249 e. The molecule has 0 radical (unpaired) electrons. The minimum absolute atomic E-state index is 0. The van der Waals surface area contributed by atoms with Crippen LogP contribution in [0.2, 0.25) is 0 Å². The van der Waals surface area contributed by atoms with Gasteiger partial charge in [0.25, 0.3) is 0 Å². The smallest absolute Gasteiger partial charge is 0.249 e. The number of ether oxygens (including phenoxy) is 1. The van der Waals surface area contributed by atoms with E-state index in [9.17, 15) is 14.0 Å². The molecular formula is C24H36ClFN4O3. The number of piperazine rings is 1. The van der Waals surface area contributed by atoms with Crippen LogP contribution in [0.5, 0.6) is 5.75 Å². The summed E-state index contributed by atoms with van der Waals surface area (Å²) < 4.78 is 19.7. The maximum absolute atomic E-state index is 13.9. The molecule has 9 heteroatoms. The Morgan fingerprint density at radius 3 is 2.48 bits per heavy atom. The fourth-order valence-electron chi connectivity index (χ4n) is 4.66. The van der Waals surface area contributed by atoms with Crippen molar-refractivity contribution in [2.45, 2.75) is 64.1 Å². The van der Waals surface area contributed by atoms with Crippen molar-refractivity contribution in [1.29, 1.82) is 0 Å². The van der Waals surface area contributed by atoms with E-state index < -0.39 is 5.54 Å². The van der Waals surface area contributed by atoms with E-state index in [4.69, 9.17) is 4.74 Å². The Balaban J connectivity index is 0.00000306. The molecule has 3 fully saturated rings. The van der Waals surface area contributed by atoms with Gasteiger partial charge in [0.2, 0.25) is 11.8 Å². The third-order valence-electron chi connectivity index (χ3n) is 6.48. The van der Waals surface area contributed by atoms with Crippen molar-refractivity contribution in [1.82, 2.24) is 15.1 Å². The van der Waals surface area contributed by atoms with E-state index in [1.807, 2.05) is 20.8 Å². The molecule has 33 heavy (non-hydrogen) atoms. The first-order valence-corrected chi connectivity index (χ1v) is 11.8. The first kappa shape index (κ1) is 25.7. The van der Waals surface area contributed by atoms with Gasteiger partial charge in [-0.3, -0.25) is 19.4 Å². The molecule has 1 unspecified atom stereocenters. The van der Waals surface area contributed by atoms with Crippen LogP contribution in [0.1, 0.15) is 46.5 Å². The van der Waals surface area contributed by atoms with Gasteiger partial charge in [0.15, 0.2) is 0 Å². The van der Waals surface area contributed by atoms with E-state index in [1.54, 1.807) is 12.1 Å². The zero-order valence-electron chi connectivity index (χ0n) is 19.8. The Kier molecular flexibility index (Phi) is 8.24. The van der Waals surface area contributed by atoms with Gasteiger partial charge in [0.1, 0.15) is 17.1 Å². The molecule has 2 saturated heterocycles. The highest BCUT2D eigenvalue weighted by molar-refractivity contribution is 6.08. The second kappa shape index (κ2) is 10.6. The SMILES string of the molecule is CC(C)Oc1ccc(F)cc1N1CCN(CCCN2C(=O)CC(C)(NC3CC3)C2=O)CC1.Cl. The molecule has 4 rings (SSSR count). The van der Waals surface area contributed by atoms with Gasteiger partial charge in [0.05, 0.1) is 18.2 Å². The molecule has 1 aliphatic carbocycles. The first-order chi connectivity index (χ1) is 15.2. The zero-order chi connectivity index (χ0) is 22.9. The van der Waals surface area contributed by atoms with Gasteiger partial charge in [0, 0.05) is 44.8 Å². The summed E-state index contributed by atoms with van der Waals surface area (Å²) in [4.78, 5) is 31.2. The fourth-order valence-corrected chi connectivity index (χ4v) is 4.66. The lowest BCUT2D eigenvalue weighted by Gasteiger charge is -2.37. The van der Waals surface area contributed by atoms with Crippen LogP contribution in [0.3, 0.4) is 0 Å². The molecule has 2 heterocycles. The number of likely N-dealkylation sites (tertiary alicyclic amines) is 1. The average molecular weight is 483 g/mol. The molecule has 184 valence electrons. The summed E-state index contributed by atoms with van der Waals surface area (Å²) in [6.45, 7) is 10.3. The summed E-state index contributed by atoms with van der Waals surface area (Å²) in [5.74, 6) is 0.299. The zero-order valence-corrected chi connectivity index (χ0v) is 20.6. The second-order valence-electron chi connectivity index (χ2n) is 9.74. The van der Waals surface area contributed by atoms with E-state index in [-0.39, 0.29) is 42.6 Å². The highest BCUT2D eigenvalue weighted by Crippen LogP contribution is 2.32. The molecule has 0 aromatic heterocycles. The van der Waals surface area contributed by atoms with Gasteiger partial charge in [-0.15, -0.1) is 12.4 Å². The average Bonchev–Trinajstić information content (AvgIpc) is 3.52. The third kappa shape index (κ3) is 6.16. The lowest BCUT2D eigenvalue weighted by Crippen LogP contribution is -2.50. The molecule has 7 nitrogen and oxygen atoms in total. The summed E-state index contributed by atoms with van der Waals surface area (Å²) in [6, 6.07) is 5.07.